The molecule has 0 unspecified atom stereocenters. The Kier molecular flexibility index (Phi) is 7.82. The van der Waals surface area contributed by atoms with Crippen LogP contribution in [0, 0.1) is 0 Å². The zero-order chi connectivity index (χ0) is 15.7. The van der Waals surface area contributed by atoms with Gasteiger partial charge in [-0.3, -0.25) is 4.79 Å². The summed E-state index contributed by atoms with van der Waals surface area (Å²) in [4.78, 5) is 11.5. The van der Waals surface area contributed by atoms with Crippen molar-refractivity contribution in [3.05, 3.63) is 22.2 Å². The third-order valence-corrected chi connectivity index (χ3v) is 3.54. The zero-order valence-corrected chi connectivity index (χ0v) is 13.9. The summed E-state index contributed by atoms with van der Waals surface area (Å²) in [6.45, 7) is 2.13. The third-order valence-electron chi connectivity index (χ3n) is 2.93. The number of unbranched alkanes of at least 4 members (excludes halogenated alkanes) is 3. The van der Waals surface area contributed by atoms with Gasteiger partial charge in [0, 0.05) is 6.42 Å². The molecule has 1 aromatic carbocycles. The van der Waals surface area contributed by atoms with E-state index in [1.807, 2.05) is 0 Å². The molecule has 0 aromatic heterocycles. The summed E-state index contributed by atoms with van der Waals surface area (Å²) in [5, 5.41) is 13.6. The number of phenols is 1. The molecule has 2 N–H and O–H groups in total. The van der Waals surface area contributed by atoms with Gasteiger partial charge in [0.15, 0.2) is 11.5 Å². The highest BCUT2D eigenvalue weighted by atomic mass is 79.9. The quantitative estimate of drug-likeness (QED) is 0.424. The van der Waals surface area contributed by atoms with Crippen LogP contribution < -0.4 is 10.2 Å². The van der Waals surface area contributed by atoms with Crippen molar-refractivity contribution in [3.63, 3.8) is 0 Å². The van der Waals surface area contributed by atoms with Crippen LogP contribution >= 0.6 is 15.9 Å². The Morgan fingerprint density at radius 2 is 2.19 bits per heavy atom. The monoisotopic (exact) mass is 356 g/mol. The Labute approximate surface area is 133 Å². The van der Waals surface area contributed by atoms with Crippen LogP contribution in [0.25, 0.3) is 0 Å². The Morgan fingerprint density at radius 1 is 1.43 bits per heavy atom. The van der Waals surface area contributed by atoms with Crippen LogP contribution in [0.5, 0.6) is 11.5 Å². The van der Waals surface area contributed by atoms with Gasteiger partial charge in [0.05, 0.1) is 17.8 Å². The summed E-state index contributed by atoms with van der Waals surface area (Å²) in [7, 11) is 1.47. The zero-order valence-electron chi connectivity index (χ0n) is 12.4. The van der Waals surface area contributed by atoms with Crippen LogP contribution in [-0.2, 0) is 4.79 Å². The molecular formula is C15H21BrN2O3. The molecule has 116 valence electrons. The Hall–Kier alpha value is -1.56. The van der Waals surface area contributed by atoms with E-state index < -0.39 is 0 Å². The molecule has 0 saturated carbocycles. The highest BCUT2D eigenvalue weighted by Gasteiger charge is 2.07. The first-order valence-electron chi connectivity index (χ1n) is 6.96. The van der Waals surface area contributed by atoms with Crippen molar-refractivity contribution in [1.82, 2.24) is 5.43 Å². The van der Waals surface area contributed by atoms with Crippen molar-refractivity contribution in [3.8, 4) is 11.5 Å². The van der Waals surface area contributed by atoms with Gasteiger partial charge >= 0.3 is 0 Å². The number of amides is 1. The molecule has 0 heterocycles. The number of nitrogens with zero attached hydrogens (tertiary/aromatic N) is 1. The predicted octanol–water partition coefficient (Wildman–Crippen LogP) is 3.58. The second-order valence-corrected chi connectivity index (χ2v) is 5.51. The summed E-state index contributed by atoms with van der Waals surface area (Å²) >= 11 is 3.23. The molecule has 1 rings (SSSR count). The van der Waals surface area contributed by atoms with Gasteiger partial charge in [0.1, 0.15) is 0 Å². The Morgan fingerprint density at radius 3 is 2.86 bits per heavy atom. The van der Waals surface area contributed by atoms with Crippen molar-refractivity contribution >= 4 is 28.1 Å². The second kappa shape index (κ2) is 9.39. The van der Waals surface area contributed by atoms with Gasteiger partial charge in [-0.25, -0.2) is 5.43 Å². The summed E-state index contributed by atoms with van der Waals surface area (Å²) in [6.07, 6.45) is 6.25. The lowest BCUT2D eigenvalue weighted by Crippen LogP contribution is -2.16. The molecule has 0 radical (unpaired) electrons. The number of nitrogens with one attached hydrogen (secondary N) is 1. The van der Waals surface area contributed by atoms with E-state index in [1.165, 1.54) is 13.3 Å². The Bertz CT molecular complexity index is 504. The second-order valence-electron chi connectivity index (χ2n) is 4.66. The topological polar surface area (TPSA) is 70.9 Å². The first kappa shape index (κ1) is 17.5. The van der Waals surface area contributed by atoms with Crippen LogP contribution in [0.15, 0.2) is 21.7 Å². The van der Waals surface area contributed by atoms with Crippen molar-refractivity contribution in [2.24, 2.45) is 5.10 Å². The lowest BCUT2D eigenvalue weighted by Gasteiger charge is -2.06. The van der Waals surface area contributed by atoms with Gasteiger partial charge in [-0.05, 0) is 40.0 Å². The molecule has 0 atom stereocenters. The van der Waals surface area contributed by atoms with Gasteiger partial charge < -0.3 is 9.84 Å². The maximum absolute atomic E-state index is 11.5. The molecule has 0 fully saturated rings. The normalized spacial score (nSPS) is 10.8. The van der Waals surface area contributed by atoms with E-state index in [0.717, 1.165) is 25.7 Å². The van der Waals surface area contributed by atoms with Gasteiger partial charge in [-0.15, -0.1) is 0 Å². The van der Waals surface area contributed by atoms with E-state index in [1.54, 1.807) is 12.1 Å². The number of halogens is 1. The fourth-order valence-corrected chi connectivity index (χ4v) is 2.23. The number of aromatic hydroxyl groups is 1. The number of ether oxygens (including phenoxy) is 1. The van der Waals surface area contributed by atoms with E-state index in [9.17, 15) is 9.90 Å². The molecule has 6 heteroatoms. The molecular weight excluding hydrogens is 336 g/mol. The maximum Gasteiger partial charge on any atom is 0.240 e. The minimum absolute atomic E-state index is 0.0367. The number of rotatable bonds is 8. The number of methoxy groups -OCH3 is 1. The average Bonchev–Trinajstić information content (AvgIpc) is 2.47. The fraction of sp³-hybridized carbons (Fsp3) is 0.467. The number of benzene rings is 1. The number of hydrazone groups is 1. The van der Waals surface area contributed by atoms with Crippen molar-refractivity contribution in [1.29, 1.82) is 0 Å². The molecule has 5 nitrogen and oxygen atoms in total. The van der Waals surface area contributed by atoms with Gasteiger partial charge in [0.25, 0.3) is 0 Å². The standard InChI is InChI=1S/C15H21BrN2O3/c1-3-4-5-6-7-14(19)18-17-10-11-8-12(16)15(20)13(9-11)21-2/h8-10,20H,3-7H2,1-2H3,(H,18,19). The molecule has 0 aliphatic carbocycles. The van der Waals surface area contributed by atoms with Crippen LogP contribution in [0.2, 0.25) is 0 Å². The minimum atomic E-state index is -0.0906. The number of hydrogen-bond acceptors (Lipinski definition) is 4. The molecule has 21 heavy (non-hydrogen) atoms. The number of phenolic OH excluding ortho intramolecular Hbond substituents is 1. The molecule has 0 aliphatic heterocycles. The fourth-order valence-electron chi connectivity index (χ4n) is 1.77. The number of hydrogen-bond donors (Lipinski definition) is 2. The molecule has 1 amide bonds. The Balaban J connectivity index is 2.50. The van der Waals surface area contributed by atoms with Crippen molar-refractivity contribution < 1.29 is 14.6 Å². The maximum atomic E-state index is 11.5. The van der Waals surface area contributed by atoms with E-state index >= 15 is 0 Å². The minimum Gasteiger partial charge on any atom is -0.503 e. The van der Waals surface area contributed by atoms with E-state index in [0.29, 0.717) is 22.2 Å². The summed E-state index contributed by atoms with van der Waals surface area (Å²) in [5.74, 6) is 0.290. The van der Waals surface area contributed by atoms with Crippen LogP contribution in [0.4, 0.5) is 0 Å². The smallest absolute Gasteiger partial charge is 0.240 e. The lowest BCUT2D eigenvalue weighted by molar-refractivity contribution is -0.121. The highest BCUT2D eigenvalue weighted by Crippen LogP contribution is 2.34. The van der Waals surface area contributed by atoms with Gasteiger partial charge in [-0.2, -0.15) is 5.10 Å². The summed E-state index contributed by atoms with van der Waals surface area (Å²) < 4.78 is 5.55. The molecule has 0 bridgehead atoms. The van der Waals surface area contributed by atoms with E-state index in [-0.39, 0.29) is 11.7 Å². The highest BCUT2D eigenvalue weighted by molar-refractivity contribution is 9.10. The van der Waals surface area contributed by atoms with E-state index in [2.05, 4.69) is 33.4 Å². The number of carbonyl (C=O) groups is 1. The van der Waals surface area contributed by atoms with E-state index in [4.69, 9.17) is 4.74 Å². The molecule has 0 spiro atoms. The average molecular weight is 357 g/mol. The first-order chi connectivity index (χ1) is 10.1. The van der Waals surface area contributed by atoms with Gasteiger partial charge in [-0.1, -0.05) is 26.2 Å². The lowest BCUT2D eigenvalue weighted by atomic mass is 10.1. The SMILES string of the molecule is CCCCCCC(=O)NN=Cc1cc(Br)c(O)c(OC)c1. The largest absolute Gasteiger partial charge is 0.503 e. The predicted molar refractivity (Wildman–Crippen MR) is 86.9 cm³/mol. The van der Waals surface area contributed by atoms with Gasteiger partial charge in [0.2, 0.25) is 5.91 Å². The molecule has 0 saturated heterocycles. The third kappa shape index (κ3) is 6.16. The van der Waals surface area contributed by atoms with Crippen LogP contribution in [0.1, 0.15) is 44.6 Å². The molecule has 1 aromatic rings. The van der Waals surface area contributed by atoms with Crippen LogP contribution in [0.3, 0.4) is 0 Å². The van der Waals surface area contributed by atoms with Crippen LogP contribution in [-0.4, -0.2) is 24.3 Å². The van der Waals surface area contributed by atoms with Crippen molar-refractivity contribution in [2.45, 2.75) is 39.0 Å². The first-order valence-corrected chi connectivity index (χ1v) is 7.76. The summed E-state index contributed by atoms with van der Waals surface area (Å²) in [6, 6.07) is 3.33. The molecule has 0 aliphatic rings. The van der Waals surface area contributed by atoms with Crippen molar-refractivity contribution in [2.75, 3.05) is 7.11 Å². The number of carbonyl (C=O) groups excluding carboxylic acids is 1. The summed E-state index contributed by atoms with van der Waals surface area (Å²) in [5.41, 5.74) is 3.20.